The first kappa shape index (κ1) is 19.6. The molecule has 0 amide bonds. The van der Waals surface area contributed by atoms with Gasteiger partial charge in [0, 0.05) is 22.2 Å². The highest BCUT2D eigenvalue weighted by atomic mass is 32.2. The molecule has 1 aromatic heterocycles. The zero-order valence-electron chi connectivity index (χ0n) is 16.1. The Labute approximate surface area is 175 Å². The molecule has 7 heteroatoms. The van der Waals surface area contributed by atoms with Crippen LogP contribution in [0.2, 0.25) is 0 Å². The molecule has 28 heavy (non-hydrogen) atoms. The molecule has 1 fully saturated rings. The molecule has 0 radical (unpaired) electrons. The Morgan fingerprint density at radius 1 is 1.25 bits per heavy atom. The number of aromatic nitrogens is 1. The Kier molecular flexibility index (Phi) is 6.80. The zero-order chi connectivity index (χ0) is 19.2. The molecule has 3 N–H and O–H groups in total. The van der Waals surface area contributed by atoms with E-state index in [1.165, 1.54) is 29.7 Å². The van der Waals surface area contributed by atoms with Crippen LogP contribution in [0.25, 0.3) is 0 Å². The van der Waals surface area contributed by atoms with Crippen molar-refractivity contribution in [3.63, 3.8) is 0 Å². The lowest BCUT2D eigenvalue weighted by Crippen LogP contribution is -2.32. The van der Waals surface area contributed by atoms with Gasteiger partial charge in [-0.25, -0.2) is 4.98 Å². The van der Waals surface area contributed by atoms with Crippen LogP contribution >= 0.6 is 23.7 Å². The molecule has 0 aliphatic carbocycles. The van der Waals surface area contributed by atoms with Crippen molar-refractivity contribution in [3.05, 3.63) is 59.3 Å². The average Bonchev–Trinajstić information content (AvgIpc) is 3.14. The number of hydrazine groups is 2. The molecule has 1 aromatic carbocycles. The number of piperidine rings is 1. The average molecular weight is 414 g/mol. The number of allylic oxidation sites excluding steroid dienone is 1. The fourth-order valence-corrected chi connectivity index (χ4v) is 5.04. The van der Waals surface area contributed by atoms with Crippen LogP contribution in [0.5, 0.6) is 0 Å². The van der Waals surface area contributed by atoms with Crippen molar-refractivity contribution in [2.75, 3.05) is 18.5 Å². The molecule has 4 rings (SSSR count). The number of hydrogen-bond donors (Lipinski definition) is 3. The summed E-state index contributed by atoms with van der Waals surface area (Å²) in [5.74, 6) is 1.71. The van der Waals surface area contributed by atoms with Gasteiger partial charge in [-0.1, -0.05) is 34.5 Å². The second kappa shape index (κ2) is 9.69. The normalized spacial score (nSPS) is 18.0. The van der Waals surface area contributed by atoms with E-state index in [2.05, 4.69) is 58.0 Å². The second-order valence-corrected chi connectivity index (χ2v) is 9.19. The van der Waals surface area contributed by atoms with E-state index in [1.54, 1.807) is 23.7 Å². The Balaban J connectivity index is 1.48. The van der Waals surface area contributed by atoms with E-state index in [9.17, 15) is 0 Å². The number of hydrogen-bond acceptors (Lipinski definition) is 7. The van der Waals surface area contributed by atoms with E-state index in [4.69, 9.17) is 4.98 Å². The summed E-state index contributed by atoms with van der Waals surface area (Å²) in [5, 5.41) is 5.53. The fourth-order valence-electron chi connectivity index (χ4n) is 3.44. The van der Waals surface area contributed by atoms with Crippen LogP contribution in [-0.4, -0.2) is 22.6 Å². The summed E-state index contributed by atoms with van der Waals surface area (Å²) in [6.45, 7) is 4.37. The third-order valence-corrected chi connectivity index (χ3v) is 6.89. The molecular weight excluding hydrogens is 386 g/mol. The molecule has 0 unspecified atom stereocenters. The molecule has 2 aromatic rings. The standard InChI is InChI=1S/C21H27N5S2/c1-16-15-27-26(24-16)25-21-20(28-19-5-3-2-4-6-19)13-18(14-23-21)8-7-17-9-11-22-12-10-17/h2-6,13-15,17,22,24H,7-12H2,1H3,(H,23,25). The first-order valence-corrected chi connectivity index (χ1v) is 11.5. The molecule has 1 saturated heterocycles. The van der Waals surface area contributed by atoms with E-state index in [-0.39, 0.29) is 0 Å². The van der Waals surface area contributed by atoms with Crippen molar-refractivity contribution in [3.8, 4) is 0 Å². The van der Waals surface area contributed by atoms with E-state index in [0.29, 0.717) is 0 Å². The summed E-state index contributed by atoms with van der Waals surface area (Å²) in [6.07, 6.45) is 6.96. The molecule has 5 nitrogen and oxygen atoms in total. The fraction of sp³-hybridized carbons (Fsp3) is 0.381. The highest BCUT2D eigenvalue weighted by molar-refractivity contribution is 8.00. The Morgan fingerprint density at radius 2 is 2.07 bits per heavy atom. The largest absolute Gasteiger partial charge is 0.317 e. The summed E-state index contributed by atoms with van der Waals surface area (Å²) >= 11 is 3.35. The summed E-state index contributed by atoms with van der Waals surface area (Å²) in [6, 6.07) is 12.8. The number of pyridine rings is 1. The van der Waals surface area contributed by atoms with Gasteiger partial charge in [0.2, 0.25) is 0 Å². The van der Waals surface area contributed by atoms with Crippen LogP contribution in [0.4, 0.5) is 5.82 Å². The monoisotopic (exact) mass is 413 g/mol. The van der Waals surface area contributed by atoms with E-state index in [1.807, 2.05) is 17.6 Å². The van der Waals surface area contributed by atoms with E-state index in [0.717, 1.165) is 41.8 Å². The summed E-state index contributed by atoms with van der Waals surface area (Å²) in [5.41, 5.74) is 9.09. The maximum atomic E-state index is 4.76. The molecular formula is C21H27N5S2. The van der Waals surface area contributed by atoms with Crippen molar-refractivity contribution in [1.29, 1.82) is 0 Å². The second-order valence-electron chi connectivity index (χ2n) is 7.26. The van der Waals surface area contributed by atoms with Crippen LogP contribution in [0.3, 0.4) is 0 Å². The smallest absolute Gasteiger partial charge is 0.156 e. The third-order valence-electron chi connectivity index (χ3n) is 5.00. The van der Waals surface area contributed by atoms with E-state index < -0.39 is 0 Å². The lowest BCUT2D eigenvalue weighted by molar-refractivity contribution is 0.354. The number of nitrogens with one attached hydrogen (secondary N) is 3. The molecule has 2 aliphatic rings. The van der Waals surface area contributed by atoms with Gasteiger partial charge < -0.3 is 5.32 Å². The summed E-state index contributed by atoms with van der Waals surface area (Å²) in [4.78, 5) is 7.14. The Hall–Kier alpha value is -1.67. The quantitative estimate of drug-likeness (QED) is 0.563. The molecule has 0 saturated carbocycles. The first-order valence-electron chi connectivity index (χ1n) is 9.86. The molecule has 2 aliphatic heterocycles. The number of benzene rings is 1. The summed E-state index contributed by atoms with van der Waals surface area (Å²) < 4.78 is 1.89. The molecule has 3 heterocycles. The van der Waals surface area contributed by atoms with Crippen LogP contribution in [0.15, 0.2) is 63.5 Å². The van der Waals surface area contributed by atoms with Gasteiger partial charge in [-0.2, -0.15) is 0 Å². The molecule has 0 bridgehead atoms. The summed E-state index contributed by atoms with van der Waals surface area (Å²) in [7, 11) is 0. The van der Waals surface area contributed by atoms with Crippen molar-refractivity contribution in [2.24, 2.45) is 5.92 Å². The lowest BCUT2D eigenvalue weighted by Gasteiger charge is -2.23. The SMILES string of the molecule is CC1=CSN(Nc2ncc(CCC3CCNCC3)cc2Sc2ccccc2)N1. The highest BCUT2D eigenvalue weighted by Crippen LogP contribution is 2.34. The van der Waals surface area contributed by atoms with Crippen molar-refractivity contribution in [2.45, 2.75) is 42.4 Å². The van der Waals surface area contributed by atoms with Crippen LogP contribution in [0, 0.1) is 5.92 Å². The van der Waals surface area contributed by atoms with Crippen LogP contribution < -0.4 is 16.2 Å². The minimum absolute atomic E-state index is 0.837. The Bertz CT molecular complexity index is 806. The van der Waals surface area contributed by atoms with Gasteiger partial charge in [-0.15, -0.1) is 0 Å². The molecule has 0 spiro atoms. The van der Waals surface area contributed by atoms with Crippen molar-refractivity contribution >= 4 is 29.5 Å². The zero-order valence-corrected chi connectivity index (χ0v) is 17.8. The molecule has 148 valence electrons. The number of rotatable bonds is 7. The molecule has 0 atom stereocenters. The van der Waals surface area contributed by atoms with Gasteiger partial charge in [-0.05, 0) is 87.3 Å². The number of aryl methyl sites for hydroxylation is 1. The highest BCUT2D eigenvalue weighted by Gasteiger charge is 2.17. The van der Waals surface area contributed by atoms with Gasteiger partial charge in [0.25, 0.3) is 0 Å². The lowest BCUT2D eigenvalue weighted by atomic mass is 9.92. The van der Waals surface area contributed by atoms with Crippen LogP contribution in [-0.2, 0) is 6.42 Å². The van der Waals surface area contributed by atoms with Gasteiger partial charge in [-0.3, -0.25) is 10.9 Å². The minimum atomic E-state index is 0.837. The van der Waals surface area contributed by atoms with Crippen molar-refractivity contribution in [1.82, 2.24) is 20.2 Å². The third kappa shape index (κ3) is 5.44. The van der Waals surface area contributed by atoms with Crippen LogP contribution in [0.1, 0.15) is 31.7 Å². The van der Waals surface area contributed by atoms with Crippen molar-refractivity contribution < 1.29 is 0 Å². The predicted octanol–water partition coefficient (Wildman–Crippen LogP) is 4.82. The number of nitrogens with zero attached hydrogens (tertiary/aromatic N) is 2. The van der Waals surface area contributed by atoms with Gasteiger partial charge in [0.05, 0.1) is 4.90 Å². The maximum Gasteiger partial charge on any atom is 0.156 e. The first-order chi connectivity index (χ1) is 13.8. The Morgan fingerprint density at radius 3 is 2.82 bits per heavy atom. The van der Waals surface area contributed by atoms with Gasteiger partial charge in [0.15, 0.2) is 5.82 Å². The minimum Gasteiger partial charge on any atom is -0.317 e. The maximum absolute atomic E-state index is 4.76. The number of anilines is 1. The van der Waals surface area contributed by atoms with E-state index >= 15 is 0 Å². The van der Waals surface area contributed by atoms with Gasteiger partial charge in [0.1, 0.15) is 0 Å². The topological polar surface area (TPSA) is 52.2 Å². The van der Waals surface area contributed by atoms with Gasteiger partial charge >= 0.3 is 0 Å². The predicted molar refractivity (Wildman–Crippen MR) is 119 cm³/mol.